The summed E-state index contributed by atoms with van der Waals surface area (Å²) in [6, 6.07) is 18.9. The molecular weight excluding hydrogens is 379 g/mol. The van der Waals surface area contributed by atoms with Crippen molar-refractivity contribution in [1.29, 1.82) is 0 Å². The van der Waals surface area contributed by atoms with E-state index in [4.69, 9.17) is 4.74 Å². The van der Waals surface area contributed by atoms with Crippen LogP contribution in [0.15, 0.2) is 60.7 Å². The number of carboxylic acid groups (broad SMARTS) is 1. The second-order valence-electron chi connectivity index (χ2n) is 8.54. The number of rotatable bonds is 5. The Bertz CT molecular complexity index is 1140. The van der Waals surface area contributed by atoms with Gasteiger partial charge in [-0.1, -0.05) is 42.0 Å². The third kappa shape index (κ3) is 3.17. The molecule has 1 fully saturated rings. The fourth-order valence-corrected chi connectivity index (χ4v) is 4.86. The van der Waals surface area contributed by atoms with Gasteiger partial charge in [0, 0.05) is 11.0 Å². The molecule has 1 saturated carbocycles. The first-order valence-electron chi connectivity index (χ1n) is 10.3. The summed E-state index contributed by atoms with van der Waals surface area (Å²) in [5.41, 5.74) is 5.75. The molecule has 2 atom stereocenters. The fraction of sp³-hybridized carbons (Fsp3) is 0.269. The lowest BCUT2D eigenvalue weighted by Crippen LogP contribution is -2.11. The molecule has 0 amide bonds. The Labute approximate surface area is 175 Å². The molecule has 0 heterocycles. The standard InChI is InChI=1S/C26H23FO3/c1-16-2-9-24(27)21(12-16)18-5-3-17(4-6-18)15-30-20-7-8-22-19(13-20)10-11-26(22)14-23(26)25(28)29/h2-9,12-13,23H,10-11,14-15H2,1H3,(H,28,29)/t23-,26-/m0/s1. The van der Waals surface area contributed by atoms with Crippen LogP contribution in [-0.2, 0) is 23.2 Å². The Balaban J connectivity index is 1.27. The van der Waals surface area contributed by atoms with Gasteiger partial charge in [0.05, 0.1) is 5.92 Å². The van der Waals surface area contributed by atoms with Gasteiger partial charge in [-0.3, -0.25) is 4.79 Å². The van der Waals surface area contributed by atoms with Crippen LogP contribution in [0.5, 0.6) is 5.75 Å². The van der Waals surface area contributed by atoms with Gasteiger partial charge in [-0.25, -0.2) is 4.39 Å². The Morgan fingerprint density at radius 3 is 2.67 bits per heavy atom. The zero-order valence-electron chi connectivity index (χ0n) is 16.8. The van der Waals surface area contributed by atoms with Gasteiger partial charge in [0.1, 0.15) is 18.2 Å². The van der Waals surface area contributed by atoms with E-state index in [-0.39, 0.29) is 17.2 Å². The number of carbonyl (C=O) groups is 1. The molecule has 2 aliphatic rings. The predicted molar refractivity (Wildman–Crippen MR) is 113 cm³/mol. The molecule has 0 aliphatic heterocycles. The third-order valence-electron chi connectivity index (χ3n) is 6.62. The van der Waals surface area contributed by atoms with E-state index >= 15 is 0 Å². The number of ether oxygens (including phenoxy) is 1. The number of benzene rings is 3. The first-order valence-corrected chi connectivity index (χ1v) is 10.3. The molecule has 4 heteroatoms. The monoisotopic (exact) mass is 402 g/mol. The van der Waals surface area contributed by atoms with Gasteiger partial charge in [0.15, 0.2) is 0 Å². The summed E-state index contributed by atoms with van der Waals surface area (Å²) in [5.74, 6) is -0.340. The maximum atomic E-state index is 14.1. The number of carboxylic acids is 1. The lowest BCUT2D eigenvalue weighted by molar-refractivity contribution is -0.139. The van der Waals surface area contributed by atoms with Gasteiger partial charge in [-0.15, -0.1) is 0 Å². The molecule has 0 radical (unpaired) electrons. The SMILES string of the molecule is Cc1ccc(F)c(-c2ccc(COc3ccc4c(c3)CC[C@]43C[C@H]3C(=O)O)cc2)c1. The molecule has 30 heavy (non-hydrogen) atoms. The molecule has 1 spiro atoms. The van der Waals surface area contributed by atoms with Gasteiger partial charge in [0.2, 0.25) is 0 Å². The molecule has 1 N–H and O–H groups in total. The molecule has 0 bridgehead atoms. The molecule has 0 unspecified atom stereocenters. The van der Waals surface area contributed by atoms with Gasteiger partial charge in [-0.2, -0.15) is 0 Å². The summed E-state index contributed by atoms with van der Waals surface area (Å²) in [7, 11) is 0. The van der Waals surface area contributed by atoms with Crippen LogP contribution in [0.25, 0.3) is 11.1 Å². The number of aryl methyl sites for hydroxylation is 2. The van der Waals surface area contributed by atoms with E-state index < -0.39 is 5.97 Å². The van der Waals surface area contributed by atoms with Crippen LogP contribution in [0.1, 0.15) is 35.1 Å². The molecule has 5 rings (SSSR count). The second-order valence-corrected chi connectivity index (χ2v) is 8.54. The second kappa shape index (κ2) is 6.98. The maximum absolute atomic E-state index is 14.1. The zero-order chi connectivity index (χ0) is 20.9. The van der Waals surface area contributed by atoms with E-state index in [0.717, 1.165) is 41.7 Å². The van der Waals surface area contributed by atoms with Crippen molar-refractivity contribution in [3.05, 3.63) is 88.7 Å². The molecule has 152 valence electrons. The zero-order valence-corrected chi connectivity index (χ0v) is 16.8. The van der Waals surface area contributed by atoms with Crippen LogP contribution in [0.2, 0.25) is 0 Å². The highest BCUT2D eigenvalue weighted by molar-refractivity contribution is 5.78. The number of fused-ring (bicyclic) bond motifs is 2. The van der Waals surface area contributed by atoms with Crippen LogP contribution in [0, 0.1) is 18.7 Å². The third-order valence-corrected chi connectivity index (χ3v) is 6.62. The number of hydrogen-bond acceptors (Lipinski definition) is 2. The molecule has 3 nitrogen and oxygen atoms in total. The molecule has 0 aromatic heterocycles. The topological polar surface area (TPSA) is 46.5 Å². The lowest BCUT2D eigenvalue weighted by atomic mass is 9.95. The number of hydrogen-bond donors (Lipinski definition) is 1. The highest BCUT2D eigenvalue weighted by Crippen LogP contribution is 2.61. The molecule has 2 aliphatic carbocycles. The quantitative estimate of drug-likeness (QED) is 0.598. The minimum atomic E-state index is -0.683. The summed E-state index contributed by atoms with van der Waals surface area (Å²) in [6.07, 6.45) is 2.58. The summed E-state index contributed by atoms with van der Waals surface area (Å²) in [6.45, 7) is 2.38. The van der Waals surface area contributed by atoms with Crippen molar-refractivity contribution in [3.63, 3.8) is 0 Å². The Kier molecular flexibility index (Phi) is 4.39. The van der Waals surface area contributed by atoms with Crippen molar-refractivity contribution in [2.24, 2.45) is 5.92 Å². The minimum Gasteiger partial charge on any atom is -0.489 e. The van der Waals surface area contributed by atoms with Crippen LogP contribution < -0.4 is 4.74 Å². The minimum absolute atomic E-state index is 0.138. The van der Waals surface area contributed by atoms with E-state index in [1.165, 1.54) is 17.2 Å². The smallest absolute Gasteiger partial charge is 0.307 e. The van der Waals surface area contributed by atoms with Gasteiger partial charge < -0.3 is 9.84 Å². The summed E-state index contributed by atoms with van der Waals surface area (Å²) < 4.78 is 20.1. The van der Waals surface area contributed by atoms with E-state index in [1.54, 1.807) is 6.07 Å². The summed E-state index contributed by atoms with van der Waals surface area (Å²) in [5, 5.41) is 9.34. The van der Waals surface area contributed by atoms with Crippen LogP contribution >= 0.6 is 0 Å². The van der Waals surface area contributed by atoms with Crippen molar-refractivity contribution < 1.29 is 19.0 Å². The average molecular weight is 402 g/mol. The van der Waals surface area contributed by atoms with Crippen molar-refractivity contribution >= 4 is 5.97 Å². The van der Waals surface area contributed by atoms with E-state index in [9.17, 15) is 14.3 Å². The largest absolute Gasteiger partial charge is 0.489 e. The van der Waals surface area contributed by atoms with Crippen molar-refractivity contribution in [3.8, 4) is 16.9 Å². The Morgan fingerprint density at radius 1 is 1.13 bits per heavy atom. The normalized spacial score (nSPS) is 21.5. The summed E-state index contributed by atoms with van der Waals surface area (Å²) >= 11 is 0. The van der Waals surface area contributed by atoms with Gasteiger partial charge in [-0.05, 0) is 72.7 Å². The van der Waals surface area contributed by atoms with Crippen molar-refractivity contribution in [1.82, 2.24) is 0 Å². The molecule has 3 aromatic rings. The van der Waals surface area contributed by atoms with E-state index in [2.05, 4.69) is 6.07 Å². The highest BCUT2D eigenvalue weighted by atomic mass is 19.1. The van der Waals surface area contributed by atoms with Crippen LogP contribution in [-0.4, -0.2) is 11.1 Å². The Hall–Kier alpha value is -3.14. The van der Waals surface area contributed by atoms with Gasteiger partial charge >= 0.3 is 5.97 Å². The molecule has 0 saturated heterocycles. The van der Waals surface area contributed by atoms with Crippen molar-refractivity contribution in [2.75, 3.05) is 0 Å². The van der Waals surface area contributed by atoms with Crippen molar-refractivity contribution in [2.45, 2.75) is 38.2 Å². The van der Waals surface area contributed by atoms with Gasteiger partial charge in [0.25, 0.3) is 0 Å². The average Bonchev–Trinajstić information content (AvgIpc) is 3.38. The Morgan fingerprint density at radius 2 is 1.93 bits per heavy atom. The van der Waals surface area contributed by atoms with Crippen LogP contribution in [0.4, 0.5) is 4.39 Å². The highest BCUT2D eigenvalue weighted by Gasteiger charge is 2.61. The van der Waals surface area contributed by atoms with Crippen LogP contribution in [0.3, 0.4) is 0 Å². The first kappa shape index (κ1) is 18.9. The number of halogens is 1. The fourth-order valence-electron chi connectivity index (χ4n) is 4.86. The van der Waals surface area contributed by atoms with E-state index in [0.29, 0.717) is 12.2 Å². The summed E-state index contributed by atoms with van der Waals surface area (Å²) in [4.78, 5) is 11.4. The molecule has 3 aromatic carbocycles. The number of aliphatic carboxylic acids is 1. The first-order chi connectivity index (χ1) is 14.5. The van der Waals surface area contributed by atoms with E-state index in [1.807, 2.05) is 49.4 Å². The maximum Gasteiger partial charge on any atom is 0.307 e. The lowest BCUT2D eigenvalue weighted by Gasteiger charge is -2.12. The predicted octanol–water partition coefficient (Wildman–Crippen LogP) is 5.67. The molecular formula is C26H23FO3.